The van der Waals surface area contributed by atoms with E-state index in [1.54, 1.807) is 31.2 Å². The number of benzene rings is 2. The maximum absolute atomic E-state index is 14.5. The summed E-state index contributed by atoms with van der Waals surface area (Å²) in [4.78, 5) is 12.1. The van der Waals surface area contributed by atoms with Crippen molar-refractivity contribution < 1.29 is 18.3 Å². The van der Waals surface area contributed by atoms with Gasteiger partial charge >= 0.3 is 5.97 Å². The number of halogens is 1. The van der Waals surface area contributed by atoms with Crippen molar-refractivity contribution in [3.05, 3.63) is 89.6 Å². The van der Waals surface area contributed by atoms with Gasteiger partial charge in [0.1, 0.15) is 17.1 Å². The molecule has 2 aromatic carbocycles. The van der Waals surface area contributed by atoms with E-state index in [9.17, 15) is 9.18 Å². The zero-order valence-electron chi connectivity index (χ0n) is 16.8. The molecule has 0 aliphatic rings. The van der Waals surface area contributed by atoms with Crippen molar-refractivity contribution in [3.8, 4) is 11.4 Å². The fourth-order valence-electron chi connectivity index (χ4n) is 3.12. The summed E-state index contributed by atoms with van der Waals surface area (Å²) in [6.07, 6.45) is 1.46. The van der Waals surface area contributed by atoms with Crippen molar-refractivity contribution in [2.24, 2.45) is 0 Å². The van der Waals surface area contributed by atoms with Crippen LogP contribution in [0.1, 0.15) is 28.6 Å². The SMILES string of the molecule is CCOC(=O)c1ccoc1CSc1nnc(-c2ccccc2F)n1Cc1ccccc1. The summed E-state index contributed by atoms with van der Waals surface area (Å²) in [6, 6.07) is 17.9. The van der Waals surface area contributed by atoms with Gasteiger partial charge in [0.25, 0.3) is 0 Å². The molecule has 0 aliphatic heterocycles. The van der Waals surface area contributed by atoms with Crippen LogP contribution in [0, 0.1) is 5.82 Å². The zero-order valence-corrected chi connectivity index (χ0v) is 17.6. The predicted molar refractivity (Wildman–Crippen MR) is 115 cm³/mol. The maximum Gasteiger partial charge on any atom is 0.341 e. The quantitative estimate of drug-likeness (QED) is 0.279. The Balaban J connectivity index is 1.64. The van der Waals surface area contributed by atoms with E-state index in [1.807, 2.05) is 34.9 Å². The molecule has 0 N–H and O–H groups in total. The minimum Gasteiger partial charge on any atom is -0.468 e. The Hall–Kier alpha value is -3.39. The second-order valence-electron chi connectivity index (χ2n) is 6.62. The van der Waals surface area contributed by atoms with E-state index in [0.29, 0.717) is 40.2 Å². The van der Waals surface area contributed by atoms with Crippen LogP contribution >= 0.6 is 11.8 Å². The number of furan rings is 1. The van der Waals surface area contributed by atoms with E-state index in [4.69, 9.17) is 9.15 Å². The number of aromatic nitrogens is 3. The van der Waals surface area contributed by atoms with Crippen molar-refractivity contribution in [1.29, 1.82) is 0 Å². The number of thioether (sulfide) groups is 1. The van der Waals surface area contributed by atoms with E-state index in [1.165, 1.54) is 24.1 Å². The Morgan fingerprint density at radius 3 is 2.65 bits per heavy atom. The number of carbonyl (C=O) groups is 1. The number of hydrogen-bond donors (Lipinski definition) is 0. The van der Waals surface area contributed by atoms with Crippen LogP contribution in [0.4, 0.5) is 4.39 Å². The molecule has 4 rings (SSSR count). The number of hydrogen-bond acceptors (Lipinski definition) is 6. The third kappa shape index (κ3) is 4.69. The molecule has 0 radical (unpaired) electrons. The fraction of sp³-hybridized carbons (Fsp3) is 0.174. The Morgan fingerprint density at radius 1 is 1.10 bits per heavy atom. The molecule has 158 valence electrons. The molecule has 8 heteroatoms. The van der Waals surface area contributed by atoms with E-state index >= 15 is 0 Å². The zero-order chi connectivity index (χ0) is 21.6. The van der Waals surface area contributed by atoms with Crippen molar-refractivity contribution in [1.82, 2.24) is 14.8 Å². The minimum absolute atomic E-state index is 0.286. The molecular weight excluding hydrogens is 417 g/mol. The Bertz CT molecular complexity index is 1170. The highest BCUT2D eigenvalue weighted by molar-refractivity contribution is 7.98. The van der Waals surface area contributed by atoms with Crippen LogP contribution in [-0.2, 0) is 17.0 Å². The standard InChI is InChI=1S/C23H20FN3O3S/c1-2-29-22(28)18-12-13-30-20(18)15-31-23-26-25-21(17-10-6-7-11-19(17)24)27(23)14-16-8-4-3-5-9-16/h3-13H,2,14-15H2,1H3. The van der Waals surface area contributed by atoms with Gasteiger partial charge < -0.3 is 9.15 Å². The largest absolute Gasteiger partial charge is 0.468 e. The van der Waals surface area contributed by atoms with E-state index < -0.39 is 5.97 Å². The van der Waals surface area contributed by atoms with Crippen molar-refractivity contribution in [2.75, 3.05) is 6.61 Å². The van der Waals surface area contributed by atoms with Gasteiger partial charge in [-0.1, -0.05) is 54.2 Å². The average molecular weight is 437 g/mol. The molecule has 31 heavy (non-hydrogen) atoms. The highest BCUT2D eigenvalue weighted by Crippen LogP contribution is 2.29. The first-order valence-corrected chi connectivity index (χ1v) is 10.7. The summed E-state index contributed by atoms with van der Waals surface area (Å²) >= 11 is 1.36. The normalized spacial score (nSPS) is 10.9. The summed E-state index contributed by atoms with van der Waals surface area (Å²) in [5.74, 6) is 0.492. The highest BCUT2D eigenvalue weighted by atomic mass is 32.2. The van der Waals surface area contributed by atoms with Crippen LogP contribution in [0.5, 0.6) is 0 Å². The molecule has 0 fully saturated rings. The molecule has 0 spiro atoms. The molecule has 0 unspecified atom stereocenters. The van der Waals surface area contributed by atoms with Crippen LogP contribution in [0.2, 0.25) is 0 Å². The van der Waals surface area contributed by atoms with Gasteiger partial charge in [-0.15, -0.1) is 10.2 Å². The lowest BCUT2D eigenvalue weighted by Crippen LogP contribution is -2.06. The van der Waals surface area contributed by atoms with Crippen LogP contribution in [-0.4, -0.2) is 27.3 Å². The summed E-state index contributed by atoms with van der Waals surface area (Å²) in [5, 5.41) is 9.14. The van der Waals surface area contributed by atoms with Gasteiger partial charge in [0.2, 0.25) is 0 Å². The minimum atomic E-state index is -0.426. The number of rotatable bonds is 8. The second kappa shape index (κ2) is 9.61. The molecule has 2 heterocycles. The lowest BCUT2D eigenvalue weighted by Gasteiger charge is -2.11. The van der Waals surface area contributed by atoms with Crippen LogP contribution < -0.4 is 0 Å². The monoisotopic (exact) mass is 437 g/mol. The lowest BCUT2D eigenvalue weighted by atomic mass is 10.2. The van der Waals surface area contributed by atoms with E-state index in [2.05, 4.69) is 10.2 Å². The first-order chi connectivity index (χ1) is 15.2. The Kier molecular flexibility index (Phi) is 6.47. The van der Waals surface area contributed by atoms with Crippen molar-refractivity contribution >= 4 is 17.7 Å². The number of carbonyl (C=O) groups excluding carboxylic acids is 1. The average Bonchev–Trinajstić information content (AvgIpc) is 3.41. The van der Waals surface area contributed by atoms with Gasteiger partial charge in [0.05, 0.1) is 30.7 Å². The summed E-state index contributed by atoms with van der Waals surface area (Å²) < 4.78 is 26.9. The fourth-order valence-corrected chi connectivity index (χ4v) is 4.01. The summed E-state index contributed by atoms with van der Waals surface area (Å²) in [5.41, 5.74) is 1.80. The molecule has 0 saturated heterocycles. The molecule has 6 nitrogen and oxygen atoms in total. The first kappa shape index (κ1) is 20.9. The van der Waals surface area contributed by atoms with Gasteiger partial charge in [-0.2, -0.15) is 0 Å². The molecule has 0 atom stereocenters. The van der Waals surface area contributed by atoms with Gasteiger partial charge in [-0.25, -0.2) is 9.18 Å². The predicted octanol–water partition coefficient (Wildman–Crippen LogP) is 5.19. The van der Waals surface area contributed by atoms with Gasteiger partial charge in [0, 0.05) is 0 Å². The third-order valence-corrected chi connectivity index (χ3v) is 5.55. The number of nitrogens with zero attached hydrogens (tertiary/aromatic N) is 3. The molecule has 0 amide bonds. The molecule has 0 bridgehead atoms. The van der Waals surface area contributed by atoms with E-state index in [-0.39, 0.29) is 12.4 Å². The smallest absolute Gasteiger partial charge is 0.341 e. The van der Waals surface area contributed by atoms with Gasteiger partial charge in [0.15, 0.2) is 11.0 Å². The molecule has 0 saturated carbocycles. The highest BCUT2D eigenvalue weighted by Gasteiger charge is 2.20. The second-order valence-corrected chi connectivity index (χ2v) is 7.57. The van der Waals surface area contributed by atoms with E-state index in [0.717, 1.165) is 5.56 Å². The Labute approximate surface area is 183 Å². The number of ether oxygens (including phenoxy) is 1. The summed E-state index contributed by atoms with van der Waals surface area (Å²) in [7, 11) is 0. The molecular formula is C23H20FN3O3S. The van der Waals surface area contributed by atoms with Gasteiger partial charge in [-0.05, 0) is 30.7 Å². The van der Waals surface area contributed by atoms with Crippen LogP contribution in [0.3, 0.4) is 0 Å². The van der Waals surface area contributed by atoms with Crippen LogP contribution in [0.25, 0.3) is 11.4 Å². The third-order valence-electron chi connectivity index (χ3n) is 4.59. The van der Waals surface area contributed by atoms with Crippen molar-refractivity contribution in [3.63, 3.8) is 0 Å². The first-order valence-electron chi connectivity index (χ1n) is 9.75. The molecule has 0 aliphatic carbocycles. The number of esters is 1. The van der Waals surface area contributed by atoms with Crippen LogP contribution in [0.15, 0.2) is 76.5 Å². The van der Waals surface area contributed by atoms with Crippen molar-refractivity contribution in [2.45, 2.75) is 24.4 Å². The molecule has 2 aromatic heterocycles. The van der Waals surface area contributed by atoms with Gasteiger partial charge in [-0.3, -0.25) is 4.57 Å². The lowest BCUT2D eigenvalue weighted by molar-refractivity contribution is 0.0524. The Morgan fingerprint density at radius 2 is 1.87 bits per heavy atom. The topological polar surface area (TPSA) is 70.2 Å². The summed E-state index contributed by atoms with van der Waals surface area (Å²) in [6.45, 7) is 2.51. The molecule has 4 aromatic rings. The maximum atomic E-state index is 14.5.